The Morgan fingerprint density at radius 1 is 1.13 bits per heavy atom. The quantitative estimate of drug-likeness (QED) is 0.406. The molecule has 1 fully saturated rings. The molecule has 8 heteroatoms. The van der Waals surface area contributed by atoms with Gasteiger partial charge in [0.1, 0.15) is 12.4 Å². The molecule has 1 aliphatic rings. The maximum atomic E-state index is 14.1. The Morgan fingerprint density at radius 2 is 1.93 bits per heavy atom. The number of ether oxygens (including phenoxy) is 2. The average molecular weight is 416 g/mol. The van der Waals surface area contributed by atoms with Crippen molar-refractivity contribution in [2.24, 2.45) is 4.99 Å². The summed E-state index contributed by atoms with van der Waals surface area (Å²) in [5.74, 6) is 1.25. The Labute approximate surface area is 177 Å². The number of anilines is 1. The Morgan fingerprint density at radius 3 is 2.67 bits per heavy atom. The van der Waals surface area contributed by atoms with Crippen LogP contribution in [0, 0.1) is 5.82 Å². The number of benzene rings is 1. The van der Waals surface area contributed by atoms with Crippen LogP contribution in [-0.2, 0) is 11.3 Å². The van der Waals surface area contributed by atoms with Crippen LogP contribution in [0.4, 0.5) is 10.1 Å². The first-order chi connectivity index (χ1) is 14.7. The zero-order valence-electron chi connectivity index (χ0n) is 17.7. The van der Waals surface area contributed by atoms with Crippen molar-refractivity contribution in [3.05, 3.63) is 54.0 Å². The Hall–Kier alpha value is -2.87. The molecule has 2 heterocycles. The molecule has 1 aliphatic heterocycles. The van der Waals surface area contributed by atoms with Gasteiger partial charge in [-0.2, -0.15) is 0 Å². The minimum atomic E-state index is -0.177. The molecule has 162 valence electrons. The van der Waals surface area contributed by atoms with E-state index in [0.29, 0.717) is 31.3 Å². The highest BCUT2D eigenvalue weighted by Gasteiger charge is 2.21. The number of rotatable bonds is 8. The number of halogens is 1. The van der Waals surface area contributed by atoms with E-state index >= 15 is 0 Å². The van der Waals surface area contributed by atoms with Gasteiger partial charge in [0.25, 0.3) is 0 Å². The van der Waals surface area contributed by atoms with Crippen LogP contribution in [0.3, 0.4) is 0 Å². The molecule has 0 amide bonds. The third kappa shape index (κ3) is 5.82. The number of nitrogens with one attached hydrogen (secondary N) is 1. The maximum Gasteiger partial charge on any atom is 0.218 e. The number of hydrogen-bond donors (Lipinski definition) is 1. The Balaban J connectivity index is 1.64. The highest BCUT2D eigenvalue weighted by atomic mass is 19.1. The van der Waals surface area contributed by atoms with E-state index in [1.54, 1.807) is 19.4 Å². The predicted molar refractivity (Wildman–Crippen MR) is 117 cm³/mol. The van der Waals surface area contributed by atoms with Gasteiger partial charge >= 0.3 is 0 Å². The van der Waals surface area contributed by atoms with Crippen molar-refractivity contribution in [1.82, 2.24) is 15.2 Å². The fraction of sp³-hybridized carbons (Fsp3) is 0.455. The second-order valence-corrected chi connectivity index (χ2v) is 6.90. The summed E-state index contributed by atoms with van der Waals surface area (Å²) in [6.07, 6.45) is 1.71. The van der Waals surface area contributed by atoms with E-state index < -0.39 is 0 Å². The Kier molecular flexibility index (Phi) is 8.26. The third-order valence-electron chi connectivity index (χ3n) is 4.88. The van der Waals surface area contributed by atoms with Crippen LogP contribution in [0.25, 0.3) is 0 Å². The monoisotopic (exact) mass is 415 g/mol. The van der Waals surface area contributed by atoms with Crippen molar-refractivity contribution in [2.75, 3.05) is 57.9 Å². The molecule has 0 unspecified atom stereocenters. The van der Waals surface area contributed by atoms with Crippen molar-refractivity contribution in [3.8, 4) is 5.88 Å². The lowest BCUT2D eigenvalue weighted by molar-refractivity contribution is 0.143. The van der Waals surface area contributed by atoms with E-state index in [0.717, 1.165) is 44.2 Å². The summed E-state index contributed by atoms with van der Waals surface area (Å²) in [6, 6.07) is 10.8. The van der Waals surface area contributed by atoms with Gasteiger partial charge in [-0.3, -0.25) is 0 Å². The summed E-state index contributed by atoms with van der Waals surface area (Å²) in [7, 11) is 1.64. The molecule has 2 aromatic rings. The fourth-order valence-electron chi connectivity index (χ4n) is 3.35. The van der Waals surface area contributed by atoms with Crippen LogP contribution in [0.1, 0.15) is 12.5 Å². The summed E-state index contributed by atoms with van der Waals surface area (Å²) in [5.41, 5.74) is 1.58. The predicted octanol–water partition coefficient (Wildman–Crippen LogP) is 2.53. The summed E-state index contributed by atoms with van der Waals surface area (Å²) >= 11 is 0. The molecule has 0 bridgehead atoms. The molecule has 0 atom stereocenters. The number of nitrogens with zero attached hydrogens (tertiary/aromatic N) is 4. The van der Waals surface area contributed by atoms with Gasteiger partial charge in [0, 0.05) is 51.6 Å². The molecule has 1 N–H and O–H groups in total. The number of hydrogen-bond acceptors (Lipinski definition) is 5. The summed E-state index contributed by atoms with van der Waals surface area (Å²) in [5, 5.41) is 3.36. The van der Waals surface area contributed by atoms with E-state index in [1.165, 1.54) is 6.07 Å². The molecular formula is C22H30FN5O2. The number of para-hydroxylation sites is 1. The largest absolute Gasteiger partial charge is 0.475 e. The van der Waals surface area contributed by atoms with Crippen molar-refractivity contribution < 1.29 is 13.9 Å². The summed E-state index contributed by atoms with van der Waals surface area (Å²) in [4.78, 5) is 13.4. The number of methoxy groups -OCH3 is 1. The van der Waals surface area contributed by atoms with Gasteiger partial charge in [0.05, 0.1) is 18.8 Å². The van der Waals surface area contributed by atoms with Crippen LogP contribution >= 0.6 is 0 Å². The van der Waals surface area contributed by atoms with Gasteiger partial charge in [-0.25, -0.2) is 14.4 Å². The van der Waals surface area contributed by atoms with Crippen molar-refractivity contribution >= 4 is 11.6 Å². The SMILES string of the molecule is CCNC(=NCc1cccnc1OCCOC)N1CCN(c2ccccc2F)CC1. The van der Waals surface area contributed by atoms with Crippen molar-refractivity contribution in [3.63, 3.8) is 0 Å². The smallest absolute Gasteiger partial charge is 0.218 e. The number of aromatic nitrogens is 1. The second-order valence-electron chi connectivity index (χ2n) is 6.90. The fourth-order valence-corrected chi connectivity index (χ4v) is 3.35. The van der Waals surface area contributed by atoms with Gasteiger partial charge in [0.2, 0.25) is 5.88 Å². The number of aliphatic imine (C=N–C) groups is 1. The maximum absolute atomic E-state index is 14.1. The topological polar surface area (TPSA) is 62.2 Å². The molecule has 0 aliphatic carbocycles. The summed E-state index contributed by atoms with van der Waals surface area (Å²) in [6.45, 7) is 7.26. The van der Waals surface area contributed by atoms with Crippen LogP contribution in [0.5, 0.6) is 5.88 Å². The molecule has 1 aromatic carbocycles. The van der Waals surface area contributed by atoms with Gasteiger partial charge in [-0.1, -0.05) is 18.2 Å². The molecule has 3 rings (SSSR count). The van der Waals surface area contributed by atoms with Gasteiger partial charge in [-0.05, 0) is 25.1 Å². The van der Waals surface area contributed by atoms with E-state index in [4.69, 9.17) is 14.5 Å². The van der Waals surface area contributed by atoms with Crippen molar-refractivity contribution in [2.45, 2.75) is 13.5 Å². The van der Waals surface area contributed by atoms with Crippen LogP contribution in [0.15, 0.2) is 47.6 Å². The van der Waals surface area contributed by atoms with Gasteiger partial charge < -0.3 is 24.6 Å². The van der Waals surface area contributed by atoms with E-state index in [-0.39, 0.29) is 5.82 Å². The lowest BCUT2D eigenvalue weighted by atomic mass is 10.2. The minimum Gasteiger partial charge on any atom is -0.475 e. The molecule has 1 saturated heterocycles. The normalized spacial score (nSPS) is 14.7. The molecule has 1 aromatic heterocycles. The van der Waals surface area contributed by atoms with Gasteiger partial charge in [0.15, 0.2) is 5.96 Å². The van der Waals surface area contributed by atoms with Gasteiger partial charge in [-0.15, -0.1) is 0 Å². The van der Waals surface area contributed by atoms with Crippen LogP contribution < -0.4 is 15.0 Å². The first-order valence-electron chi connectivity index (χ1n) is 10.3. The number of piperazine rings is 1. The molecular weight excluding hydrogens is 385 g/mol. The summed E-state index contributed by atoms with van der Waals surface area (Å²) < 4.78 is 24.8. The minimum absolute atomic E-state index is 0.177. The zero-order chi connectivity index (χ0) is 21.2. The lowest BCUT2D eigenvalue weighted by Gasteiger charge is -2.37. The van der Waals surface area contributed by atoms with Crippen LogP contribution in [-0.4, -0.2) is 68.9 Å². The molecule has 7 nitrogen and oxygen atoms in total. The van der Waals surface area contributed by atoms with Crippen LogP contribution in [0.2, 0.25) is 0 Å². The first-order valence-corrected chi connectivity index (χ1v) is 10.3. The highest BCUT2D eigenvalue weighted by Crippen LogP contribution is 2.20. The standard InChI is InChI=1S/C22H30FN5O2/c1-3-24-22(26-17-18-7-6-10-25-21(18)30-16-15-29-2)28-13-11-27(12-14-28)20-9-5-4-8-19(20)23/h4-10H,3,11-17H2,1-2H3,(H,24,26). The molecule has 0 spiro atoms. The molecule has 0 saturated carbocycles. The number of guanidine groups is 1. The average Bonchev–Trinajstić information content (AvgIpc) is 2.78. The molecule has 30 heavy (non-hydrogen) atoms. The first kappa shape index (κ1) is 21.8. The Bertz CT molecular complexity index is 825. The number of pyridine rings is 1. The van der Waals surface area contributed by atoms with E-state index in [9.17, 15) is 4.39 Å². The van der Waals surface area contributed by atoms with Crippen molar-refractivity contribution in [1.29, 1.82) is 0 Å². The zero-order valence-corrected chi connectivity index (χ0v) is 17.7. The second kappa shape index (κ2) is 11.3. The third-order valence-corrected chi connectivity index (χ3v) is 4.88. The lowest BCUT2D eigenvalue weighted by Crippen LogP contribution is -2.52. The highest BCUT2D eigenvalue weighted by molar-refractivity contribution is 5.80. The van der Waals surface area contributed by atoms with E-state index in [2.05, 4.69) is 27.0 Å². The van der Waals surface area contributed by atoms with E-state index in [1.807, 2.05) is 24.3 Å². The molecule has 0 radical (unpaired) electrons.